The number of aryl methyl sites for hydroxylation is 1. The zero-order chi connectivity index (χ0) is 20.1. The van der Waals surface area contributed by atoms with Gasteiger partial charge in [0.15, 0.2) is 5.78 Å². The molecule has 144 valence electrons. The van der Waals surface area contributed by atoms with Crippen LogP contribution in [-0.2, 0) is 0 Å². The van der Waals surface area contributed by atoms with E-state index in [0.717, 1.165) is 46.4 Å². The van der Waals surface area contributed by atoms with Gasteiger partial charge in [0.05, 0.1) is 17.3 Å². The minimum atomic E-state index is -0.0129. The molecule has 2 aliphatic rings. The van der Waals surface area contributed by atoms with E-state index in [1.54, 1.807) is 6.20 Å². The van der Waals surface area contributed by atoms with E-state index in [1.807, 2.05) is 37.3 Å². The average molecular weight is 383 g/mol. The van der Waals surface area contributed by atoms with Crippen LogP contribution in [0.1, 0.15) is 40.9 Å². The van der Waals surface area contributed by atoms with Crippen molar-refractivity contribution >= 4 is 33.9 Å². The molecule has 1 aliphatic heterocycles. The van der Waals surface area contributed by atoms with Crippen LogP contribution >= 0.6 is 0 Å². The fraction of sp³-hybridized carbons (Fsp3) is 0.217. The molecule has 5 rings (SSSR count). The number of aromatic amines is 1. The number of nitrogens with one attached hydrogen (secondary N) is 1. The van der Waals surface area contributed by atoms with Gasteiger partial charge in [0, 0.05) is 29.6 Å². The number of carbonyl (C=O) groups excluding carboxylic acids is 1. The van der Waals surface area contributed by atoms with Crippen LogP contribution in [0.5, 0.6) is 0 Å². The Kier molecular flexibility index (Phi) is 3.94. The van der Waals surface area contributed by atoms with Gasteiger partial charge >= 0.3 is 0 Å². The summed E-state index contributed by atoms with van der Waals surface area (Å²) < 4.78 is 0. The number of allylic oxidation sites excluding steroid dienone is 2. The van der Waals surface area contributed by atoms with Crippen molar-refractivity contribution in [3.63, 3.8) is 0 Å². The summed E-state index contributed by atoms with van der Waals surface area (Å²) in [6.45, 7) is 7.80. The van der Waals surface area contributed by atoms with Gasteiger partial charge in [0.1, 0.15) is 11.4 Å². The van der Waals surface area contributed by atoms with Gasteiger partial charge in [0.2, 0.25) is 5.96 Å². The summed E-state index contributed by atoms with van der Waals surface area (Å²) >= 11 is 0. The van der Waals surface area contributed by atoms with Crippen LogP contribution in [0.2, 0.25) is 0 Å². The highest BCUT2D eigenvalue weighted by Crippen LogP contribution is 2.38. The number of hydrogen-bond acceptors (Lipinski definition) is 5. The van der Waals surface area contributed by atoms with Crippen molar-refractivity contribution < 1.29 is 4.79 Å². The average Bonchev–Trinajstić information content (AvgIpc) is 3.36. The van der Waals surface area contributed by atoms with Gasteiger partial charge in [-0.2, -0.15) is 5.10 Å². The van der Waals surface area contributed by atoms with Crippen LogP contribution in [-0.4, -0.2) is 45.6 Å². The second kappa shape index (κ2) is 6.51. The maximum Gasteiger partial charge on any atom is 0.226 e. The summed E-state index contributed by atoms with van der Waals surface area (Å²) in [6, 6.07) is 11.7. The second-order valence-electron chi connectivity index (χ2n) is 7.27. The Morgan fingerprint density at radius 1 is 1.00 bits per heavy atom. The molecule has 6 heteroatoms. The van der Waals surface area contributed by atoms with E-state index < -0.39 is 0 Å². The van der Waals surface area contributed by atoms with E-state index in [4.69, 9.17) is 9.98 Å². The number of aliphatic imine (C=N–C) groups is 2. The van der Waals surface area contributed by atoms with Crippen molar-refractivity contribution in [1.82, 2.24) is 15.1 Å². The van der Waals surface area contributed by atoms with E-state index in [2.05, 4.69) is 35.0 Å². The van der Waals surface area contributed by atoms with Gasteiger partial charge in [-0.15, -0.1) is 0 Å². The quantitative estimate of drug-likeness (QED) is 0.743. The number of Topliss-reactive ketones (excluding diaryl/α,β-unsaturated/α-hetero) is 1. The summed E-state index contributed by atoms with van der Waals surface area (Å²) in [5.74, 6) is 0.656. The third-order valence-electron chi connectivity index (χ3n) is 5.64. The lowest BCUT2D eigenvalue weighted by Crippen LogP contribution is -2.28. The van der Waals surface area contributed by atoms with Crippen LogP contribution in [0.15, 0.2) is 58.3 Å². The molecule has 0 atom stereocenters. The molecule has 0 radical (unpaired) electrons. The minimum absolute atomic E-state index is 0.0129. The van der Waals surface area contributed by atoms with Crippen molar-refractivity contribution in [3.05, 3.63) is 70.5 Å². The number of hydrogen-bond donors (Lipinski definition) is 1. The fourth-order valence-corrected chi connectivity index (χ4v) is 4.10. The third kappa shape index (κ3) is 2.56. The Morgan fingerprint density at radius 3 is 2.52 bits per heavy atom. The molecule has 1 N–H and O–H groups in total. The maximum atomic E-state index is 13.6. The highest BCUT2D eigenvalue weighted by molar-refractivity contribution is 6.43. The largest absolute Gasteiger partial charge is 0.341 e. The van der Waals surface area contributed by atoms with E-state index in [9.17, 15) is 4.79 Å². The summed E-state index contributed by atoms with van der Waals surface area (Å²) in [7, 11) is 0. The van der Waals surface area contributed by atoms with Gasteiger partial charge in [-0.25, -0.2) is 9.98 Å². The van der Waals surface area contributed by atoms with Crippen LogP contribution in [0, 0.1) is 6.92 Å². The van der Waals surface area contributed by atoms with Crippen LogP contribution in [0.3, 0.4) is 0 Å². The number of guanidine groups is 1. The molecule has 0 unspecified atom stereocenters. The zero-order valence-electron chi connectivity index (χ0n) is 16.7. The van der Waals surface area contributed by atoms with Crippen LogP contribution in [0.4, 0.5) is 0 Å². The first-order valence-corrected chi connectivity index (χ1v) is 9.87. The molecule has 2 aromatic carbocycles. The first-order valence-electron chi connectivity index (χ1n) is 9.87. The smallest absolute Gasteiger partial charge is 0.226 e. The molecule has 0 saturated carbocycles. The Labute approximate surface area is 168 Å². The predicted molar refractivity (Wildman–Crippen MR) is 115 cm³/mol. The second-order valence-corrected chi connectivity index (χ2v) is 7.27. The van der Waals surface area contributed by atoms with Crippen molar-refractivity contribution in [1.29, 1.82) is 0 Å². The normalized spacial score (nSPS) is 15.3. The highest BCUT2D eigenvalue weighted by Gasteiger charge is 2.35. The Balaban J connectivity index is 1.80. The molecule has 0 bridgehead atoms. The summed E-state index contributed by atoms with van der Waals surface area (Å²) in [5.41, 5.74) is 6.35. The number of rotatable bonds is 3. The Hall–Kier alpha value is -3.54. The van der Waals surface area contributed by atoms with E-state index in [-0.39, 0.29) is 5.78 Å². The van der Waals surface area contributed by atoms with Gasteiger partial charge in [-0.1, -0.05) is 24.3 Å². The minimum Gasteiger partial charge on any atom is -0.341 e. The number of H-pyrrole nitrogens is 1. The molecule has 6 nitrogen and oxygen atoms in total. The lowest BCUT2D eigenvalue weighted by atomic mass is 9.82. The molecule has 0 amide bonds. The Morgan fingerprint density at radius 2 is 1.76 bits per heavy atom. The fourth-order valence-electron chi connectivity index (χ4n) is 4.10. The molecule has 1 aliphatic carbocycles. The molecule has 1 aromatic heterocycles. The molecular formula is C23H21N5O. The van der Waals surface area contributed by atoms with Crippen LogP contribution in [0.25, 0.3) is 16.5 Å². The highest BCUT2D eigenvalue weighted by atomic mass is 16.1. The predicted octanol–water partition coefficient (Wildman–Crippen LogP) is 3.98. The third-order valence-corrected chi connectivity index (χ3v) is 5.64. The number of nitrogens with zero attached hydrogens (tertiary/aromatic N) is 4. The molecule has 29 heavy (non-hydrogen) atoms. The molecular weight excluding hydrogens is 362 g/mol. The Bertz CT molecular complexity index is 1260. The van der Waals surface area contributed by atoms with Crippen molar-refractivity contribution in [2.24, 2.45) is 9.98 Å². The summed E-state index contributed by atoms with van der Waals surface area (Å²) in [4.78, 5) is 25.4. The van der Waals surface area contributed by atoms with E-state index in [0.29, 0.717) is 22.8 Å². The lowest BCUT2D eigenvalue weighted by molar-refractivity contribution is 0.105. The van der Waals surface area contributed by atoms with E-state index in [1.165, 1.54) is 0 Å². The number of aromatic nitrogens is 2. The van der Waals surface area contributed by atoms with Gasteiger partial charge in [0.25, 0.3) is 0 Å². The topological polar surface area (TPSA) is 73.7 Å². The van der Waals surface area contributed by atoms with Gasteiger partial charge < -0.3 is 4.90 Å². The molecule has 0 fully saturated rings. The molecule has 3 aromatic rings. The monoisotopic (exact) mass is 383 g/mol. The summed E-state index contributed by atoms with van der Waals surface area (Å²) in [6.07, 6.45) is 1.79. The lowest BCUT2D eigenvalue weighted by Gasteiger charge is -2.20. The van der Waals surface area contributed by atoms with Crippen molar-refractivity contribution in [3.8, 4) is 0 Å². The van der Waals surface area contributed by atoms with Crippen molar-refractivity contribution in [2.45, 2.75) is 20.8 Å². The van der Waals surface area contributed by atoms with Gasteiger partial charge in [-0.3, -0.25) is 9.89 Å². The van der Waals surface area contributed by atoms with Gasteiger partial charge in [-0.05, 0) is 44.0 Å². The molecule has 0 saturated heterocycles. The number of benzene rings is 2. The summed E-state index contributed by atoms with van der Waals surface area (Å²) in [5, 5.41) is 8.15. The standard InChI is InChI=1S/C23H21N5O/c1-4-28(5-2)23-25-20-15-8-6-7-9-16(15)22(29)19(21(20)26-23)17-11-18-14(10-13(17)3)12-24-27-18/h6-12H,4-5H2,1-3H3,(H,24,27). The number of fused-ring (bicyclic) bond motifs is 4. The van der Waals surface area contributed by atoms with Crippen LogP contribution < -0.4 is 0 Å². The number of ketones is 1. The van der Waals surface area contributed by atoms with Crippen molar-refractivity contribution in [2.75, 3.05) is 13.1 Å². The molecule has 2 heterocycles. The number of carbonyl (C=O) groups is 1. The zero-order valence-corrected chi connectivity index (χ0v) is 16.7. The van der Waals surface area contributed by atoms with E-state index >= 15 is 0 Å². The SMILES string of the molecule is CCN(CC)C1=NC2=C(c3cc4[nH]ncc4cc3C)C(=O)c3ccccc3C2=N1. The maximum absolute atomic E-state index is 13.6. The molecule has 0 spiro atoms. The first-order chi connectivity index (χ1) is 14.1. The first kappa shape index (κ1) is 17.6.